The second kappa shape index (κ2) is 8.91. The van der Waals surface area contributed by atoms with Crippen molar-refractivity contribution in [1.82, 2.24) is 14.8 Å². The summed E-state index contributed by atoms with van der Waals surface area (Å²) < 4.78 is 25.5. The number of benzene rings is 3. The van der Waals surface area contributed by atoms with Gasteiger partial charge in [-0.05, 0) is 36.8 Å². The molecular weight excluding hydrogens is 476 g/mol. The van der Waals surface area contributed by atoms with E-state index in [1.807, 2.05) is 25.1 Å². The highest BCUT2D eigenvalue weighted by atomic mass is 32.2. The average molecular weight is 499 g/mol. The van der Waals surface area contributed by atoms with Crippen LogP contribution in [0.25, 0.3) is 27.6 Å². The van der Waals surface area contributed by atoms with Crippen molar-refractivity contribution in [1.29, 1.82) is 0 Å². The number of aryl methyl sites for hydroxylation is 1. The zero-order chi connectivity index (χ0) is 25.4. The minimum Gasteiger partial charge on any atom is -0.397 e. The maximum absolute atomic E-state index is 13.1. The van der Waals surface area contributed by atoms with E-state index in [1.54, 1.807) is 65.6 Å². The number of pyridine rings is 1. The quantitative estimate of drug-likeness (QED) is 0.335. The predicted molar refractivity (Wildman–Crippen MR) is 139 cm³/mol. The van der Waals surface area contributed by atoms with E-state index in [2.05, 4.69) is 15.4 Å². The van der Waals surface area contributed by atoms with Crippen molar-refractivity contribution in [3.05, 3.63) is 96.4 Å². The van der Waals surface area contributed by atoms with Gasteiger partial charge in [0.2, 0.25) is 10.0 Å². The van der Waals surface area contributed by atoms with Crippen LogP contribution in [0.2, 0.25) is 0 Å². The number of carbonyl (C=O) groups is 1. The van der Waals surface area contributed by atoms with E-state index < -0.39 is 10.0 Å². The molecule has 0 aliphatic carbocycles. The molecule has 0 saturated carbocycles. The van der Waals surface area contributed by atoms with Gasteiger partial charge in [0.25, 0.3) is 5.91 Å². The Morgan fingerprint density at radius 2 is 1.69 bits per heavy atom. The van der Waals surface area contributed by atoms with E-state index in [4.69, 9.17) is 10.9 Å². The van der Waals surface area contributed by atoms with Gasteiger partial charge in [-0.1, -0.05) is 42.5 Å². The van der Waals surface area contributed by atoms with Crippen LogP contribution in [0.1, 0.15) is 16.1 Å². The lowest BCUT2D eigenvalue weighted by atomic mass is 10.0. The zero-order valence-corrected chi connectivity index (χ0v) is 20.0. The van der Waals surface area contributed by atoms with Crippen molar-refractivity contribution < 1.29 is 13.2 Å². The maximum atomic E-state index is 13.1. The van der Waals surface area contributed by atoms with Crippen molar-refractivity contribution in [2.75, 3.05) is 11.1 Å². The van der Waals surface area contributed by atoms with Gasteiger partial charge in [0.1, 0.15) is 5.82 Å². The minimum atomic E-state index is -3.90. The van der Waals surface area contributed by atoms with Gasteiger partial charge >= 0.3 is 0 Å². The highest BCUT2D eigenvalue weighted by Gasteiger charge is 2.17. The number of nitrogens with one attached hydrogen (secondary N) is 1. The van der Waals surface area contributed by atoms with Gasteiger partial charge in [-0.2, -0.15) is 5.10 Å². The van der Waals surface area contributed by atoms with Gasteiger partial charge < -0.3 is 11.1 Å². The third-order valence-corrected chi connectivity index (χ3v) is 6.73. The van der Waals surface area contributed by atoms with E-state index in [0.717, 1.165) is 16.5 Å². The van der Waals surface area contributed by atoms with Crippen LogP contribution in [0.15, 0.2) is 90.1 Å². The van der Waals surface area contributed by atoms with Crippen molar-refractivity contribution in [3.63, 3.8) is 0 Å². The van der Waals surface area contributed by atoms with E-state index in [9.17, 15) is 13.2 Å². The Balaban J connectivity index is 1.46. The number of hydrogen-bond donors (Lipinski definition) is 3. The van der Waals surface area contributed by atoms with Crippen LogP contribution in [-0.4, -0.2) is 29.1 Å². The number of nitrogens with zero attached hydrogens (tertiary/aromatic N) is 3. The molecule has 0 atom stereocenters. The van der Waals surface area contributed by atoms with Gasteiger partial charge in [0.05, 0.1) is 28.2 Å². The highest BCUT2D eigenvalue weighted by Crippen LogP contribution is 2.29. The summed E-state index contributed by atoms with van der Waals surface area (Å²) in [5.74, 6) is 0.136. The minimum absolute atomic E-state index is 0.0202. The number of carbonyl (C=O) groups excluding carboxylic acids is 1. The zero-order valence-electron chi connectivity index (χ0n) is 19.2. The second-order valence-electron chi connectivity index (χ2n) is 8.26. The van der Waals surface area contributed by atoms with Gasteiger partial charge in [0.15, 0.2) is 0 Å². The summed E-state index contributed by atoms with van der Waals surface area (Å²) >= 11 is 0. The molecular formula is C26H22N6O3S. The molecule has 0 saturated heterocycles. The molecule has 5 aromatic rings. The molecule has 0 bridgehead atoms. The van der Waals surface area contributed by atoms with Gasteiger partial charge in [0, 0.05) is 34.2 Å². The Bertz CT molecular complexity index is 1730. The molecule has 180 valence electrons. The molecule has 1 amide bonds. The van der Waals surface area contributed by atoms with Crippen LogP contribution in [0.3, 0.4) is 0 Å². The Morgan fingerprint density at radius 3 is 2.44 bits per heavy atom. The lowest BCUT2D eigenvalue weighted by Crippen LogP contribution is -2.15. The van der Waals surface area contributed by atoms with Crippen molar-refractivity contribution >= 4 is 38.2 Å². The van der Waals surface area contributed by atoms with Crippen LogP contribution < -0.4 is 16.2 Å². The topological polar surface area (TPSA) is 146 Å². The first-order valence-corrected chi connectivity index (χ1v) is 12.5. The van der Waals surface area contributed by atoms with Crippen molar-refractivity contribution in [3.8, 4) is 16.8 Å². The maximum Gasteiger partial charge on any atom is 0.256 e. The molecule has 0 aliphatic rings. The summed E-state index contributed by atoms with van der Waals surface area (Å²) in [6.07, 6.45) is 3.30. The molecule has 3 aromatic carbocycles. The Labute approximate surface area is 207 Å². The van der Waals surface area contributed by atoms with Crippen LogP contribution in [0.4, 0.5) is 11.5 Å². The highest BCUT2D eigenvalue weighted by molar-refractivity contribution is 7.89. The number of nitrogens with two attached hydrogens (primary N) is 2. The Morgan fingerprint density at radius 1 is 0.944 bits per heavy atom. The summed E-state index contributed by atoms with van der Waals surface area (Å²) in [5, 5.41) is 14.5. The molecule has 0 unspecified atom stereocenters. The summed E-state index contributed by atoms with van der Waals surface area (Å²) in [6.45, 7) is 1.83. The smallest absolute Gasteiger partial charge is 0.256 e. The molecule has 5 N–H and O–H groups in total. The molecule has 36 heavy (non-hydrogen) atoms. The van der Waals surface area contributed by atoms with Crippen LogP contribution in [0.5, 0.6) is 0 Å². The molecule has 9 nitrogen and oxygen atoms in total. The van der Waals surface area contributed by atoms with E-state index in [1.165, 1.54) is 6.07 Å². The Kier molecular flexibility index (Phi) is 5.75. The van der Waals surface area contributed by atoms with Gasteiger partial charge in [-0.3, -0.25) is 9.78 Å². The molecule has 0 radical (unpaired) electrons. The number of amides is 1. The van der Waals surface area contributed by atoms with Crippen molar-refractivity contribution in [2.45, 2.75) is 11.8 Å². The largest absolute Gasteiger partial charge is 0.397 e. The molecule has 5 rings (SSSR count). The fourth-order valence-corrected chi connectivity index (χ4v) is 4.86. The predicted octanol–water partition coefficient (Wildman–Crippen LogP) is 3.88. The Hall–Kier alpha value is -4.54. The first-order chi connectivity index (χ1) is 17.2. The summed E-state index contributed by atoms with van der Waals surface area (Å²) in [5.41, 5.74) is 9.56. The summed E-state index contributed by atoms with van der Waals surface area (Å²) in [6, 6.07) is 20.5. The average Bonchev–Trinajstić information content (AvgIpc) is 3.23. The van der Waals surface area contributed by atoms with Crippen LogP contribution in [0, 0.1) is 6.92 Å². The molecule has 0 fully saturated rings. The number of aromatic nitrogens is 3. The summed E-state index contributed by atoms with van der Waals surface area (Å²) in [7, 11) is -3.90. The third kappa shape index (κ3) is 4.30. The van der Waals surface area contributed by atoms with Crippen molar-refractivity contribution in [2.24, 2.45) is 5.14 Å². The SMILES string of the molecule is Cc1cc(NC(=O)c2ccc(-c3ccccc3S(N)(=O)=O)cc2)n(-c2cccc3c(N)cncc23)n1. The fraction of sp³-hybridized carbons (Fsp3) is 0.0385. The number of sulfonamides is 1. The monoisotopic (exact) mass is 498 g/mol. The number of hydrogen-bond acceptors (Lipinski definition) is 6. The lowest BCUT2D eigenvalue weighted by Gasteiger charge is -2.12. The number of fused-ring (bicyclic) bond motifs is 1. The van der Waals surface area contributed by atoms with Gasteiger partial charge in [-0.25, -0.2) is 18.2 Å². The molecule has 0 spiro atoms. The first kappa shape index (κ1) is 23.2. The van der Waals surface area contributed by atoms with E-state index in [0.29, 0.717) is 33.9 Å². The number of rotatable bonds is 5. The number of anilines is 2. The third-order valence-electron chi connectivity index (χ3n) is 5.76. The van der Waals surface area contributed by atoms with E-state index >= 15 is 0 Å². The second-order valence-corrected chi connectivity index (χ2v) is 9.79. The number of nitrogen functional groups attached to an aromatic ring is 1. The van der Waals surface area contributed by atoms with Crippen LogP contribution >= 0.6 is 0 Å². The first-order valence-electron chi connectivity index (χ1n) is 11.0. The standard InChI is InChI=1S/C26H22N6O3S/c1-16-13-25(32(31-16)23-7-4-6-20-21(23)14-29-15-22(20)27)30-26(33)18-11-9-17(10-12-18)19-5-2-3-8-24(19)36(28,34)35/h2-15H,27H2,1H3,(H,30,33)(H2,28,34,35). The molecule has 2 aromatic heterocycles. The molecule has 10 heteroatoms. The normalized spacial score (nSPS) is 11.5. The van der Waals surface area contributed by atoms with Crippen LogP contribution in [-0.2, 0) is 10.0 Å². The fourth-order valence-electron chi connectivity index (χ4n) is 4.10. The van der Waals surface area contributed by atoms with Gasteiger partial charge in [-0.15, -0.1) is 0 Å². The molecule has 2 heterocycles. The lowest BCUT2D eigenvalue weighted by molar-refractivity contribution is 0.102. The summed E-state index contributed by atoms with van der Waals surface area (Å²) in [4.78, 5) is 17.3. The molecule has 0 aliphatic heterocycles. The number of primary sulfonamides is 1. The van der Waals surface area contributed by atoms with E-state index in [-0.39, 0.29) is 10.8 Å².